The fourth-order valence-electron chi connectivity index (χ4n) is 1.24. The van der Waals surface area contributed by atoms with Crippen LogP contribution in [0.25, 0.3) is 0 Å². The predicted octanol–water partition coefficient (Wildman–Crippen LogP) is 3.20. The highest BCUT2D eigenvalue weighted by molar-refractivity contribution is 6.74. The van der Waals surface area contributed by atoms with Crippen LogP contribution in [0.4, 0.5) is 0 Å². The molecule has 0 saturated heterocycles. The first kappa shape index (κ1) is 13.4. The highest BCUT2D eigenvalue weighted by Crippen LogP contribution is 2.37. The van der Waals surface area contributed by atoms with Crippen LogP contribution in [0.15, 0.2) is 24.3 Å². The smallest absolute Gasteiger partial charge is 0.250 e. The third-order valence-corrected chi connectivity index (χ3v) is 7.87. The van der Waals surface area contributed by atoms with E-state index in [1.54, 1.807) is 0 Å². The lowest BCUT2D eigenvalue weighted by atomic mass is 9.97. The summed E-state index contributed by atoms with van der Waals surface area (Å²) >= 11 is 0. The molecule has 0 amide bonds. The Hall–Kier alpha value is -0.698. The molecule has 0 aliphatic rings. The van der Waals surface area contributed by atoms with E-state index in [0.29, 0.717) is 0 Å². The molecule has 0 atom stereocenters. The van der Waals surface area contributed by atoms with Crippen molar-refractivity contribution in [2.24, 2.45) is 0 Å². The minimum absolute atomic E-state index is 0.260. The molecule has 0 unspecified atom stereocenters. The lowest BCUT2D eigenvalue weighted by Gasteiger charge is -2.36. The SMILES string of the molecule is BCc1ccc(O[Si](C)(C)C(C)(C)C)cc1. The van der Waals surface area contributed by atoms with Crippen LogP contribution in [-0.4, -0.2) is 16.2 Å². The molecular weight excluding hydrogens is 211 g/mol. The topological polar surface area (TPSA) is 9.23 Å². The van der Waals surface area contributed by atoms with Crippen molar-refractivity contribution in [1.29, 1.82) is 0 Å². The van der Waals surface area contributed by atoms with Gasteiger partial charge in [0.2, 0.25) is 8.32 Å². The minimum atomic E-state index is -1.67. The van der Waals surface area contributed by atoms with Gasteiger partial charge >= 0.3 is 0 Å². The van der Waals surface area contributed by atoms with Crippen molar-refractivity contribution in [2.45, 2.75) is 45.2 Å². The molecule has 0 bridgehead atoms. The fourth-order valence-corrected chi connectivity index (χ4v) is 2.27. The van der Waals surface area contributed by atoms with Crippen LogP contribution in [0, 0.1) is 0 Å². The molecule has 0 aliphatic carbocycles. The molecular formula is C13H23BOSi. The Morgan fingerprint density at radius 1 is 1.12 bits per heavy atom. The normalized spacial score (nSPS) is 12.6. The van der Waals surface area contributed by atoms with E-state index in [0.717, 1.165) is 12.1 Å². The van der Waals surface area contributed by atoms with E-state index < -0.39 is 8.32 Å². The lowest BCUT2D eigenvalue weighted by molar-refractivity contribution is 0.492. The Balaban J connectivity index is 2.80. The molecule has 0 fully saturated rings. The third kappa shape index (κ3) is 3.14. The number of hydrogen-bond acceptors (Lipinski definition) is 1. The summed E-state index contributed by atoms with van der Waals surface area (Å²) in [6.07, 6.45) is 1.08. The van der Waals surface area contributed by atoms with Gasteiger partial charge in [0, 0.05) is 0 Å². The van der Waals surface area contributed by atoms with E-state index in [-0.39, 0.29) is 5.04 Å². The van der Waals surface area contributed by atoms with Crippen molar-refractivity contribution in [3.05, 3.63) is 29.8 Å². The Bertz CT molecular complexity index is 338. The predicted molar refractivity (Wildman–Crippen MR) is 76.5 cm³/mol. The van der Waals surface area contributed by atoms with Crippen molar-refractivity contribution in [3.63, 3.8) is 0 Å². The second kappa shape index (κ2) is 4.66. The van der Waals surface area contributed by atoms with Crippen molar-refractivity contribution < 1.29 is 4.43 Å². The van der Waals surface area contributed by atoms with Gasteiger partial charge in [-0.25, -0.2) is 0 Å². The summed E-state index contributed by atoms with van der Waals surface area (Å²) in [4.78, 5) is 0. The molecule has 1 aromatic rings. The van der Waals surface area contributed by atoms with Gasteiger partial charge in [0.15, 0.2) is 0 Å². The van der Waals surface area contributed by atoms with Crippen LogP contribution in [0.1, 0.15) is 26.3 Å². The standard InChI is InChI=1S/C13H23BOSi/c1-13(2,3)16(4,5)15-12-8-6-11(10-14)7-9-12/h6-9H,10,14H2,1-5H3. The monoisotopic (exact) mass is 234 g/mol. The molecule has 1 aromatic carbocycles. The molecule has 16 heavy (non-hydrogen) atoms. The first-order valence-electron chi connectivity index (χ1n) is 6.04. The zero-order chi connectivity index (χ0) is 12.4. The van der Waals surface area contributed by atoms with Crippen molar-refractivity contribution in [2.75, 3.05) is 0 Å². The highest BCUT2D eigenvalue weighted by atomic mass is 28.4. The van der Waals surface area contributed by atoms with E-state index in [4.69, 9.17) is 4.43 Å². The average molecular weight is 234 g/mol. The summed E-state index contributed by atoms with van der Waals surface area (Å²) in [5.74, 6) is 1.02. The van der Waals surface area contributed by atoms with Gasteiger partial charge in [0.25, 0.3) is 0 Å². The molecule has 0 aromatic heterocycles. The summed E-state index contributed by atoms with van der Waals surface area (Å²) in [5.41, 5.74) is 1.36. The van der Waals surface area contributed by atoms with Gasteiger partial charge in [-0.15, -0.1) is 0 Å². The van der Waals surface area contributed by atoms with Gasteiger partial charge in [-0.3, -0.25) is 0 Å². The zero-order valence-corrected chi connectivity index (χ0v) is 12.4. The fraction of sp³-hybridized carbons (Fsp3) is 0.538. The maximum Gasteiger partial charge on any atom is 0.250 e. The van der Waals surface area contributed by atoms with Crippen LogP contribution < -0.4 is 4.43 Å². The highest BCUT2D eigenvalue weighted by Gasteiger charge is 2.38. The Kier molecular flexibility index (Phi) is 3.89. The second-order valence-electron chi connectivity index (χ2n) is 5.86. The average Bonchev–Trinajstić information content (AvgIpc) is 2.16. The molecule has 0 aliphatic heterocycles. The van der Waals surface area contributed by atoms with Gasteiger partial charge < -0.3 is 4.43 Å². The molecule has 1 rings (SSSR count). The van der Waals surface area contributed by atoms with Crippen molar-refractivity contribution in [1.82, 2.24) is 0 Å². The van der Waals surface area contributed by atoms with Crippen LogP contribution in [0.5, 0.6) is 5.75 Å². The summed E-state index contributed by atoms with van der Waals surface area (Å²) in [5, 5.41) is 0.260. The van der Waals surface area contributed by atoms with Crippen LogP contribution in [0.3, 0.4) is 0 Å². The molecule has 1 nitrogen and oxygen atoms in total. The largest absolute Gasteiger partial charge is 0.544 e. The summed E-state index contributed by atoms with van der Waals surface area (Å²) < 4.78 is 6.20. The molecule has 0 radical (unpaired) electrons. The van der Waals surface area contributed by atoms with E-state index >= 15 is 0 Å². The van der Waals surface area contributed by atoms with Crippen molar-refractivity contribution in [3.8, 4) is 5.75 Å². The maximum absolute atomic E-state index is 6.20. The maximum atomic E-state index is 6.20. The molecule has 3 heteroatoms. The van der Waals surface area contributed by atoms with Gasteiger partial charge in [-0.2, -0.15) is 0 Å². The van der Waals surface area contributed by atoms with Gasteiger partial charge in [-0.05, 0) is 30.3 Å². The Morgan fingerprint density at radius 2 is 1.62 bits per heavy atom. The Labute approximate surface area is 102 Å². The molecule has 0 saturated carbocycles. The van der Waals surface area contributed by atoms with E-state index in [2.05, 4.69) is 66.0 Å². The molecule has 0 heterocycles. The first-order chi connectivity index (χ1) is 7.26. The second-order valence-corrected chi connectivity index (χ2v) is 10.6. The molecule has 0 spiro atoms. The summed E-state index contributed by atoms with van der Waals surface area (Å²) in [6, 6.07) is 8.50. The van der Waals surface area contributed by atoms with Gasteiger partial charge in [0.1, 0.15) is 13.6 Å². The quantitative estimate of drug-likeness (QED) is 0.730. The van der Waals surface area contributed by atoms with E-state index in [9.17, 15) is 0 Å². The third-order valence-electron chi connectivity index (χ3n) is 3.51. The Morgan fingerprint density at radius 3 is 2.00 bits per heavy atom. The molecule has 88 valence electrons. The first-order valence-corrected chi connectivity index (χ1v) is 8.95. The number of rotatable bonds is 3. The van der Waals surface area contributed by atoms with Gasteiger partial charge in [-0.1, -0.05) is 44.8 Å². The number of benzene rings is 1. The zero-order valence-electron chi connectivity index (χ0n) is 11.4. The van der Waals surface area contributed by atoms with Crippen molar-refractivity contribution >= 4 is 16.2 Å². The minimum Gasteiger partial charge on any atom is -0.544 e. The van der Waals surface area contributed by atoms with Crippen LogP contribution >= 0.6 is 0 Å². The van der Waals surface area contributed by atoms with E-state index in [1.807, 2.05) is 0 Å². The van der Waals surface area contributed by atoms with Gasteiger partial charge in [0.05, 0.1) is 0 Å². The lowest BCUT2D eigenvalue weighted by Crippen LogP contribution is -2.43. The van der Waals surface area contributed by atoms with E-state index in [1.165, 1.54) is 5.56 Å². The number of hydrogen-bond donors (Lipinski definition) is 0. The van der Waals surface area contributed by atoms with Crippen LogP contribution in [0.2, 0.25) is 18.1 Å². The summed E-state index contributed by atoms with van der Waals surface area (Å²) in [6.45, 7) is 11.3. The summed E-state index contributed by atoms with van der Waals surface area (Å²) in [7, 11) is 0.497. The molecule has 0 N–H and O–H groups in total. The van der Waals surface area contributed by atoms with Crippen LogP contribution in [-0.2, 0) is 6.32 Å².